The van der Waals surface area contributed by atoms with Gasteiger partial charge in [-0.2, -0.15) is 0 Å². The number of benzene rings is 1. The first-order valence-electron chi connectivity index (χ1n) is 8.97. The quantitative estimate of drug-likeness (QED) is 0.639. The number of thiophene rings is 1. The summed E-state index contributed by atoms with van der Waals surface area (Å²) in [5.74, 6) is 0.698. The minimum Gasteiger partial charge on any atom is -0.301 e. The second-order valence-corrected chi connectivity index (χ2v) is 8.67. The van der Waals surface area contributed by atoms with Crippen LogP contribution < -0.4 is 5.56 Å². The van der Waals surface area contributed by atoms with E-state index < -0.39 is 0 Å². The van der Waals surface area contributed by atoms with Crippen molar-refractivity contribution in [1.29, 1.82) is 0 Å². The standard InChI is InChI=1S/C19H20Cl2N4OS/c1-2-23-7-9-24(10-8-23)12-17-22-18-13(11-16(21)27-18)19(26)25(17)15-6-4-3-5-14(15)20/h3-6,11H,2,7-10,12H2,1H3. The van der Waals surface area contributed by atoms with Crippen molar-refractivity contribution >= 4 is 44.8 Å². The fraction of sp³-hybridized carbons (Fsp3) is 0.368. The number of likely N-dealkylation sites (N-methyl/N-ethyl adjacent to an activating group) is 1. The van der Waals surface area contributed by atoms with Crippen molar-refractivity contribution in [2.24, 2.45) is 0 Å². The van der Waals surface area contributed by atoms with E-state index in [9.17, 15) is 4.79 Å². The lowest BCUT2D eigenvalue weighted by Gasteiger charge is -2.34. The van der Waals surface area contributed by atoms with Gasteiger partial charge in [-0.05, 0) is 24.7 Å². The maximum atomic E-state index is 13.2. The third-order valence-electron chi connectivity index (χ3n) is 4.98. The lowest BCUT2D eigenvalue weighted by Crippen LogP contribution is -2.46. The number of halogens is 2. The zero-order valence-corrected chi connectivity index (χ0v) is 17.3. The topological polar surface area (TPSA) is 41.4 Å². The summed E-state index contributed by atoms with van der Waals surface area (Å²) in [6, 6.07) is 9.06. The number of rotatable bonds is 4. The molecule has 0 amide bonds. The molecule has 0 aliphatic carbocycles. The Morgan fingerprint density at radius 1 is 1.11 bits per heavy atom. The predicted molar refractivity (Wildman–Crippen MR) is 113 cm³/mol. The Morgan fingerprint density at radius 2 is 1.81 bits per heavy atom. The Morgan fingerprint density at radius 3 is 2.52 bits per heavy atom. The minimum absolute atomic E-state index is 0.126. The molecule has 1 saturated heterocycles. The smallest absolute Gasteiger partial charge is 0.266 e. The molecule has 0 bridgehead atoms. The van der Waals surface area contributed by atoms with Crippen LogP contribution >= 0.6 is 34.5 Å². The van der Waals surface area contributed by atoms with Crippen LogP contribution in [0.3, 0.4) is 0 Å². The molecule has 5 nitrogen and oxygen atoms in total. The van der Waals surface area contributed by atoms with Crippen molar-refractivity contribution in [1.82, 2.24) is 19.4 Å². The van der Waals surface area contributed by atoms with Crippen molar-refractivity contribution in [3.8, 4) is 5.69 Å². The zero-order valence-electron chi connectivity index (χ0n) is 15.0. The third kappa shape index (κ3) is 3.77. The first kappa shape index (κ1) is 18.9. The SMILES string of the molecule is CCN1CCN(Cc2nc3sc(Cl)cc3c(=O)n2-c2ccccc2Cl)CC1. The third-order valence-corrected chi connectivity index (χ3v) is 6.45. The molecule has 1 aliphatic rings. The summed E-state index contributed by atoms with van der Waals surface area (Å²) in [6.07, 6.45) is 0. The van der Waals surface area contributed by atoms with Crippen molar-refractivity contribution in [2.75, 3.05) is 32.7 Å². The summed E-state index contributed by atoms with van der Waals surface area (Å²) in [5, 5.41) is 1.06. The Hall–Kier alpha value is -1.44. The second kappa shape index (κ2) is 7.89. The molecule has 8 heteroatoms. The van der Waals surface area contributed by atoms with E-state index in [-0.39, 0.29) is 5.56 Å². The van der Waals surface area contributed by atoms with E-state index in [1.807, 2.05) is 18.2 Å². The van der Waals surface area contributed by atoms with E-state index in [0.717, 1.165) is 32.7 Å². The molecule has 0 atom stereocenters. The van der Waals surface area contributed by atoms with Gasteiger partial charge in [0.05, 0.1) is 27.0 Å². The fourth-order valence-electron chi connectivity index (χ4n) is 3.44. The summed E-state index contributed by atoms with van der Waals surface area (Å²) >= 11 is 13.9. The first-order chi connectivity index (χ1) is 13.1. The van der Waals surface area contributed by atoms with Crippen molar-refractivity contribution in [2.45, 2.75) is 13.5 Å². The number of para-hydroxylation sites is 1. The van der Waals surface area contributed by atoms with Gasteiger partial charge < -0.3 is 4.90 Å². The van der Waals surface area contributed by atoms with Crippen LogP contribution in [0, 0.1) is 0 Å². The average molecular weight is 423 g/mol. The number of piperazine rings is 1. The molecule has 1 fully saturated rings. The average Bonchev–Trinajstić information content (AvgIpc) is 3.04. The summed E-state index contributed by atoms with van der Waals surface area (Å²) in [7, 11) is 0. The molecule has 0 spiro atoms. The van der Waals surface area contributed by atoms with E-state index in [2.05, 4.69) is 16.7 Å². The van der Waals surface area contributed by atoms with Gasteiger partial charge >= 0.3 is 0 Å². The van der Waals surface area contributed by atoms with Crippen LogP contribution in [-0.2, 0) is 6.54 Å². The molecule has 3 aromatic rings. The monoisotopic (exact) mass is 422 g/mol. The normalized spacial score (nSPS) is 16.3. The molecule has 1 aromatic carbocycles. The molecule has 0 N–H and O–H groups in total. The second-order valence-electron chi connectivity index (χ2n) is 6.60. The Labute approximate surface area is 171 Å². The molecule has 3 heterocycles. The van der Waals surface area contributed by atoms with E-state index in [1.54, 1.807) is 16.7 Å². The Bertz CT molecular complexity index is 1020. The largest absolute Gasteiger partial charge is 0.301 e. The van der Waals surface area contributed by atoms with Crippen LogP contribution in [0.2, 0.25) is 9.36 Å². The maximum Gasteiger partial charge on any atom is 0.266 e. The maximum absolute atomic E-state index is 13.2. The molecule has 142 valence electrons. The van der Waals surface area contributed by atoms with E-state index in [1.165, 1.54) is 11.3 Å². The highest BCUT2D eigenvalue weighted by Crippen LogP contribution is 2.28. The highest BCUT2D eigenvalue weighted by atomic mass is 35.5. The van der Waals surface area contributed by atoms with Gasteiger partial charge in [0.25, 0.3) is 5.56 Å². The summed E-state index contributed by atoms with van der Waals surface area (Å²) in [6.45, 7) is 7.81. The molecule has 27 heavy (non-hydrogen) atoms. The molecule has 0 unspecified atom stereocenters. The number of nitrogens with zero attached hydrogens (tertiary/aromatic N) is 4. The zero-order chi connectivity index (χ0) is 19.0. The van der Waals surface area contributed by atoms with Gasteiger partial charge in [-0.1, -0.05) is 42.3 Å². The summed E-state index contributed by atoms with van der Waals surface area (Å²) < 4.78 is 2.20. The van der Waals surface area contributed by atoms with Gasteiger partial charge in [0.1, 0.15) is 10.7 Å². The molecule has 0 radical (unpaired) electrons. The van der Waals surface area contributed by atoms with E-state index in [0.29, 0.717) is 37.6 Å². The number of aromatic nitrogens is 2. The van der Waals surface area contributed by atoms with Crippen LogP contribution in [0.5, 0.6) is 0 Å². The predicted octanol–water partition coefficient (Wildman–Crippen LogP) is 3.89. The van der Waals surface area contributed by atoms with Crippen molar-refractivity contribution in [3.05, 3.63) is 55.9 Å². The van der Waals surface area contributed by atoms with Gasteiger partial charge in [0.2, 0.25) is 0 Å². The fourth-order valence-corrected chi connectivity index (χ4v) is 4.76. The molecular weight excluding hydrogens is 403 g/mol. The molecule has 4 rings (SSSR count). The minimum atomic E-state index is -0.126. The van der Waals surface area contributed by atoms with E-state index >= 15 is 0 Å². The highest BCUT2D eigenvalue weighted by molar-refractivity contribution is 7.22. The van der Waals surface area contributed by atoms with Crippen molar-refractivity contribution < 1.29 is 0 Å². The van der Waals surface area contributed by atoms with Gasteiger partial charge in [-0.25, -0.2) is 4.98 Å². The van der Waals surface area contributed by atoms with Gasteiger partial charge in [0.15, 0.2) is 0 Å². The lowest BCUT2D eigenvalue weighted by atomic mass is 10.2. The molecular formula is C19H20Cl2N4OS. The lowest BCUT2D eigenvalue weighted by molar-refractivity contribution is 0.129. The van der Waals surface area contributed by atoms with E-state index in [4.69, 9.17) is 28.2 Å². The number of hydrogen-bond donors (Lipinski definition) is 0. The summed E-state index contributed by atoms with van der Waals surface area (Å²) in [5.41, 5.74) is 0.529. The highest BCUT2D eigenvalue weighted by Gasteiger charge is 2.21. The van der Waals surface area contributed by atoms with Crippen LogP contribution in [0.15, 0.2) is 35.1 Å². The molecule has 1 aliphatic heterocycles. The van der Waals surface area contributed by atoms with Crippen LogP contribution in [-0.4, -0.2) is 52.1 Å². The summed E-state index contributed by atoms with van der Waals surface area (Å²) in [4.78, 5) is 23.5. The van der Waals surface area contributed by atoms with Gasteiger partial charge in [0, 0.05) is 26.2 Å². The number of fused-ring (bicyclic) bond motifs is 1. The van der Waals surface area contributed by atoms with Crippen LogP contribution in [0.1, 0.15) is 12.7 Å². The first-order valence-corrected chi connectivity index (χ1v) is 10.5. The van der Waals surface area contributed by atoms with Crippen LogP contribution in [0.25, 0.3) is 15.9 Å². The molecule has 2 aromatic heterocycles. The Kier molecular flexibility index (Phi) is 5.53. The van der Waals surface area contributed by atoms with Crippen LogP contribution in [0.4, 0.5) is 0 Å². The Balaban J connectivity index is 1.80. The van der Waals surface area contributed by atoms with Gasteiger partial charge in [-0.15, -0.1) is 11.3 Å². The van der Waals surface area contributed by atoms with Gasteiger partial charge in [-0.3, -0.25) is 14.3 Å². The number of hydrogen-bond acceptors (Lipinski definition) is 5. The molecule has 0 saturated carbocycles. The van der Waals surface area contributed by atoms with Crippen molar-refractivity contribution in [3.63, 3.8) is 0 Å².